The number of hydrogen-bond acceptors (Lipinski definition) is 3. The molecule has 0 unspecified atom stereocenters. The van der Waals surface area contributed by atoms with Gasteiger partial charge in [-0.2, -0.15) is 0 Å². The molecule has 0 fully saturated rings. The third-order valence-electron chi connectivity index (χ3n) is 3.57. The normalized spacial score (nSPS) is 14.5. The molecule has 0 aromatic carbocycles. The molecule has 4 heteroatoms. The van der Waals surface area contributed by atoms with Crippen LogP contribution in [0.2, 0.25) is 0 Å². The molecule has 1 heterocycles. The van der Waals surface area contributed by atoms with Crippen LogP contribution in [0.1, 0.15) is 91.0 Å². The Balaban J connectivity index is -0.000000164. The van der Waals surface area contributed by atoms with Gasteiger partial charge >= 0.3 is 0 Å². The van der Waals surface area contributed by atoms with E-state index in [1.54, 1.807) is 0 Å². The fourth-order valence-corrected chi connectivity index (χ4v) is 1.68. The lowest BCUT2D eigenvalue weighted by molar-refractivity contribution is 0.318. The standard InChI is InChI=1S/C11H21N.C7H14N2.C5H9N.2CH4/c1-10(2,3)8-7-9-12-11(4,5)6;1-6-7(2)9(4)5-8(6)3;1-5(2,3)6-4;;/h7-9H,1-6H3;5H2,1-4H3;1-3H3;2*1H4/b8-7+,12-9?;;;;. The quantitative estimate of drug-likeness (QED) is 0.331. The van der Waals surface area contributed by atoms with Crippen molar-refractivity contribution in [2.24, 2.45) is 10.4 Å². The van der Waals surface area contributed by atoms with Gasteiger partial charge in [-0.3, -0.25) is 4.99 Å². The van der Waals surface area contributed by atoms with Gasteiger partial charge < -0.3 is 14.6 Å². The first-order chi connectivity index (χ1) is 11.9. The van der Waals surface area contributed by atoms with Gasteiger partial charge in [0.15, 0.2) is 0 Å². The summed E-state index contributed by atoms with van der Waals surface area (Å²) in [5, 5.41) is 0. The molecule has 1 aliphatic heterocycles. The Kier molecular flexibility index (Phi) is 17.1. The van der Waals surface area contributed by atoms with Crippen LogP contribution in [0, 0.1) is 12.0 Å². The average Bonchev–Trinajstić information content (AvgIpc) is 2.69. The molecule has 172 valence electrons. The SMILES string of the molecule is C.C.CC(C)(C)/C=C/C=NC(C)(C)C.CC1=C(C)N(C)CN1C.[C-]#[N+]C(C)(C)C. The van der Waals surface area contributed by atoms with Gasteiger partial charge in [-0.05, 0) is 46.1 Å². The molecular weight excluding hydrogens is 356 g/mol. The van der Waals surface area contributed by atoms with Crippen LogP contribution in [0.25, 0.3) is 4.85 Å². The van der Waals surface area contributed by atoms with E-state index in [1.165, 1.54) is 11.4 Å². The van der Waals surface area contributed by atoms with Crippen LogP contribution in [0.4, 0.5) is 0 Å². The first-order valence-corrected chi connectivity index (χ1v) is 9.61. The van der Waals surface area contributed by atoms with Gasteiger partial charge in [-0.25, -0.2) is 6.57 Å². The largest absolute Gasteiger partial charge is 0.359 e. The zero-order valence-corrected chi connectivity index (χ0v) is 20.2. The second-order valence-electron chi connectivity index (χ2n) is 10.2. The second-order valence-corrected chi connectivity index (χ2v) is 10.2. The lowest BCUT2D eigenvalue weighted by atomic mass is 9.96. The summed E-state index contributed by atoms with van der Waals surface area (Å²) in [6.45, 7) is 30.3. The van der Waals surface area contributed by atoms with Crippen molar-refractivity contribution in [3.8, 4) is 0 Å². The third-order valence-corrected chi connectivity index (χ3v) is 3.57. The Morgan fingerprint density at radius 3 is 1.38 bits per heavy atom. The minimum absolute atomic E-state index is 0. The number of allylic oxidation sites excluding steroid dienone is 4. The van der Waals surface area contributed by atoms with Gasteiger partial charge in [0.2, 0.25) is 5.54 Å². The summed E-state index contributed by atoms with van der Waals surface area (Å²) < 4.78 is 0. The molecule has 4 nitrogen and oxygen atoms in total. The predicted molar refractivity (Wildman–Crippen MR) is 135 cm³/mol. The van der Waals surface area contributed by atoms with Crippen LogP contribution in [-0.2, 0) is 0 Å². The fourth-order valence-electron chi connectivity index (χ4n) is 1.68. The molecule has 0 radical (unpaired) electrons. The topological polar surface area (TPSA) is 23.2 Å². The van der Waals surface area contributed by atoms with E-state index in [0.29, 0.717) is 0 Å². The van der Waals surface area contributed by atoms with Gasteiger partial charge in [0.25, 0.3) is 0 Å². The Morgan fingerprint density at radius 2 is 1.21 bits per heavy atom. The zero-order valence-electron chi connectivity index (χ0n) is 20.2. The number of aliphatic imine (C=N–C) groups is 1. The maximum atomic E-state index is 6.48. The molecule has 0 aromatic heterocycles. The van der Waals surface area contributed by atoms with Gasteiger partial charge in [0, 0.05) is 52.5 Å². The Labute approximate surface area is 184 Å². The molecule has 0 aromatic rings. The maximum Gasteiger partial charge on any atom is 0.224 e. The minimum atomic E-state index is -0.167. The van der Waals surface area contributed by atoms with Gasteiger partial charge in [0.05, 0.1) is 12.2 Å². The van der Waals surface area contributed by atoms with Crippen LogP contribution in [0.5, 0.6) is 0 Å². The molecule has 0 atom stereocenters. The van der Waals surface area contributed by atoms with Crippen LogP contribution in [0.15, 0.2) is 28.5 Å². The number of rotatable bonds is 1. The van der Waals surface area contributed by atoms with Crippen LogP contribution in [0.3, 0.4) is 0 Å². The van der Waals surface area contributed by atoms with Crippen molar-refractivity contribution in [3.63, 3.8) is 0 Å². The van der Waals surface area contributed by atoms with E-state index in [9.17, 15) is 0 Å². The van der Waals surface area contributed by atoms with E-state index in [-0.39, 0.29) is 31.3 Å². The summed E-state index contributed by atoms with van der Waals surface area (Å²) in [7, 11) is 4.23. The van der Waals surface area contributed by atoms with E-state index >= 15 is 0 Å². The van der Waals surface area contributed by atoms with Crippen molar-refractivity contribution in [2.45, 2.75) is 102 Å². The highest BCUT2D eigenvalue weighted by Gasteiger charge is 2.15. The summed E-state index contributed by atoms with van der Waals surface area (Å²) >= 11 is 0. The zero-order chi connectivity index (χ0) is 22.1. The van der Waals surface area contributed by atoms with Gasteiger partial charge in [-0.15, -0.1) is 0 Å². The van der Waals surface area contributed by atoms with E-state index in [2.05, 4.69) is 95.2 Å². The van der Waals surface area contributed by atoms with Crippen LogP contribution in [-0.4, -0.2) is 47.9 Å². The Morgan fingerprint density at radius 1 is 0.862 bits per heavy atom. The van der Waals surface area contributed by atoms with Crippen molar-refractivity contribution in [2.75, 3.05) is 20.8 Å². The Hall–Kier alpha value is -1.76. The molecule has 0 aliphatic carbocycles. The lowest BCUT2D eigenvalue weighted by Crippen LogP contribution is -2.20. The third kappa shape index (κ3) is 22.4. The molecule has 0 spiro atoms. The van der Waals surface area contributed by atoms with Crippen molar-refractivity contribution in [1.29, 1.82) is 0 Å². The maximum absolute atomic E-state index is 6.48. The highest BCUT2D eigenvalue weighted by atomic mass is 15.3. The Bertz CT molecular complexity index is 518. The molecule has 29 heavy (non-hydrogen) atoms. The molecule has 0 bridgehead atoms. The molecule has 0 amide bonds. The highest BCUT2D eigenvalue weighted by molar-refractivity contribution is 5.71. The summed E-state index contributed by atoms with van der Waals surface area (Å²) in [4.78, 5) is 12.1. The smallest absolute Gasteiger partial charge is 0.224 e. The predicted octanol–water partition coefficient (Wildman–Crippen LogP) is 7.51. The van der Waals surface area contributed by atoms with Crippen molar-refractivity contribution < 1.29 is 0 Å². The molecule has 0 N–H and O–H groups in total. The summed E-state index contributed by atoms with van der Waals surface area (Å²) in [5.41, 5.74) is 2.90. The highest BCUT2D eigenvalue weighted by Crippen LogP contribution is 2.18. The summed E-state index contributed by atoms with van der Waals surface area (Å²) in [6, 6.07) is 0. The molecule has 0 saturated carbocycles. The number of hydrogen-bond donors (Lipinski definition) is 0. The van der Waals surface area contributed by atoms with Gasteiger partial charge in [-0.1, -0.05) is 41.7 Å². The second kappa shape index (κ2) is 14.3. The molecule has 1 aliphatic rings. The van der Waals surface area contributed by atoms with E-state index in [4.69, 9.17) is 6.57 Å². The van der Waals surface area contributed by atoms with Crippen molar-refractivity contribution >= 4 is 6.21 Å². The van der Waals surface area contributed by atoms with Crippen molar-refractivity contribution in [3.05, 3.63) is 35.0 Å². The fraction of sp³-hybridized carbons (Fsp3) is 0.760. The lowest BCUT2D eigenvalue weighted by Gasteiger charge is -2.14. The first kappa shape index (κ1) is 34.7. The van der Waals surface area contributed by atoms with E-state index in [0.717, 1.165) is 6.67 Å². The summed E-state index contributed by atoms with van der Waals surface area (Å²) in [6.07, 6.45) is 6.05. The summed E-state index contributed by atoms with van der Waals surface area (Å²) in [5.74, 6) is 0. The van der Waals surface area contributed by atoms with Crippen molar-refractivity contribution in [1.82, 2.24) is 9.80 Å². The molecular formula is C25H52N4. The van der Waals surface area contributed by atoms with Crippen LogP contribution < -0.4 is 0 Å². The van der Waals surface area contributed by atoms with Gasteiger partial charge in [0.1, 0.15) is 0 Å². The minimum Gasteiger partial charge on any atom is -0.359 e. The monoisotopic (exact) mass is 408 g/mol. The van der Waals surface area contributed by atoms with E-state index < -0.39 is 0 Å². The van der Waals surface area contributed by atoms with Crippen LogP contribution >= 0.6 is 0 Å². The first-order valence-electron chi connectivity index (χ1n) is 9.61. The number of nitrogens with zero attached hydrogens (tertiary/aromatic N) is 4. The molecule has 1 rings (SSSR count). The van der Waals surface area contributed by atoms with E-state index in [1.807, 2.05) is 33.1 Å². The average molecular weight is 409 g/mol. The molecule has 0 saturated heterocycles.